The molecule has 1 aliphatic rings. The van der Waals surface area contributed by atoms with Crippen molar-refractivity contribution in [3.8, 4) is 0 Å². The van der Waals surface area contributed by atoms with Crippen LogP contribution in [0.1, 0.15) is 19.8 Å². The van der Waals surface area contributed by atoms with Gasteiger partial charge in [-0.2, -0.15) is 5.10 Å². The number of nitrogens with one attached hydrogen (secondary N) is 2. The molecule has 0 radical (unpaired) electrons. The molecule has 2 heterocycles. The lowest BCUT2D eigenvalue weighted by atomic mass is 10.1. The Morgan fingerprint density at radius 3 is 2.94 bits per heavy atom. The molecule has 0 spiro atoms. The van der Waals surface area contributed by atoms with Crippen LogP contribution in [0.15, 0.2) is 11.0 Å². The van der Waals surface area contributed by atoms with E-state index in [1.54, 1.807) is 6.20 Å². The molecule has 5 nitrogen and oxygen atoms in total. The molecule has 0 saturated carbocycles. The number of rotatable bonds is 3. The zero-order valence-corrected chi connectivity index (χ0v) is 10.6. The summed E-state index contributed by atoms with van der Waals surface area (Å²) in [6.07, 6.45) is 3.70. The van der Waals surface area contributed by atoms with Crippen molar-refractivity contribution < 1.29 is 0 Å². The third-order valence-electron chi connectivity index (χ3n) is 2.98. The van der Waals surface area contributed by atoms with Gasteiger partial charge in [-0.1, -0.05) is 11.6 Å². The first-order valence-electron chi connectivity index (χ1n) is 5.95. The number of anilines is 1. The quantitative estimate of drug-likeness (QED) is 0.850. The standard InChI is InChI=1S/C11H17ClN4O/c1-2-16-11(17)10(12)9(7-14-16)15-8-3-5-13-6-4-8/h7-8,13,15H,2-6H2,1H3. The molecule has 1 aromatic rings. The predicted molar refractivity (Wildman–Crippen MR) is 68.7 cm³/mol. The third-order valence-corrected chi connectivity index (χ3v) is 3.35. The van der Waals surface area contributed by atoms with Crippen LogP contribution in [0.3, 0.4) is 0 Å². The summed E-state index contributed by atoms with van der Waals surface area (Å²) in [7, 11) is 0. The van der Waals surface area contributed by atoms with Gasteiger partial charge in [-0.05, 0) is 32.9 Å². The molecule has 0 aliphatic carbocycles. The minimum atomic E-state index is -0.229. The summed E-state index contributed by atoms with van der Waals surface area (Å²) in [6.45, 7) is 4.39. The lowest BCUT2D eigenvalue weighted by Gasteiger charge is -2.24. The van der Waals surface area contributed by atoms with Gasteiger partial charge in [0.05, 0.1) is 11.9 Å². The van der Waals surface area contributed by atoms with Crippen LogP contribution in [0.4, 0.5) is 5.69 Å². The fourth-order valence-electron chi connectivity index (χ4n) is 1.98. The highest BCUT2D eigenvalue weighted by Gasteiger charge is 2.15. The lowest BCUT2D eigenvalue weighted by Crippen LogP contribution is -2.36. The Labute approximate surface area is 105 Å². The number of aryl methyl sites for hydroxylation is 1. The number of aromatic nitrogens is 2. The molecule has 1 aromatic heterocycles. The largest absolute Gasteiger partial charge is 0.380 e. The first kappa shape index (κ1) is 12.4. The van der Waals surface area contributed by atoms with Crippen LogP contribution in [-0.4, -0.2) is 28.9 Å². The Hall–Kier alpha value is -1.07. The number of halogens is 1. The van der Waals surface area contributed by atoms with Crippen LogP contribution >= 0.6 is 11.6 Å². The Kier molecular flexibility index (Phi) is 4.02. The van der Waals surface area contributed by atoms with Gasteiger partial charge in [0.2, 0.25) is 0 Å². The minimum absolute atomic E-state index is 0.229. The summed E-state index contributed by atoms with van der Waals surface area (Å²) in [6, 6.07) is 0.368. The van der Waals surface area contributed by atoms with E-state index in [0.717, 1.165) is 25.9 Å². The van der Waals surface area contributed by atoms with Gasteiger partial charge in [-0.25, -0.2) is 4.68 Å². The maximum absolute atomic E-state index is 11.8. The second-order valence-corrected chi connectivity index (χ2v) is 4.54. The normalized spacial score (nSPS) is 17.1. The highest BCUT2D eigenvalue weighted by atomic mass is 35.5. The molecule has 0 atom stereocenters. The SMILES string of the molecule is CCn1ncc(NC2CCNCC2)c(Cl)c1=O. The Bertz CT molecular complexity index is 440. The highest BCUT2D eigenvalue weighted by Crippen LogP contribution is 2.18. The third kappa shape index (κ3) is 2.79. The zero-order chi connectivity index (χ0) is 12.3. The maximum atomic E-state index is 11.8. The van der Waals surface area contributed by atoms with Gasteiger partial charge in [0.15, 0.2) is 0 Å². The summed E-state index contributed by atoms with van der Waals surface area (Å²) in [5, 5.41) is 10.9. The maximum Gasteiger partial charge on any atom is 0.287 e. The second kappa shape index (κ2) is 5.51. The van der Waals surface area contributed by atoms with Gasteiger partial charge in [-0.15, -0.1) is 0 Å². The Morgan fingerprint density at radius 2 is 2.29 bits per heavy atom. The van der Waals surface area contributed by atoms with E-state index < -0.39 is 0 Å². The average molecular weight is 257 g/mol. The first-order valence-corrected chi connectivity index (χ1v) is 6.33. The summed E-state index contributed by atoms with van der Waals surface area (Å²) in [5.74, 6) is 0. The van der Waals surface area contributed by atoms with Crippen LogP contribution in [0.25, 0.3) is 0 Å². The van der Waals surface area contributed by atoms with E-state index >= 15 is 0 Å². The summed E-state index contributed by atoms with van der Waals surface area (Å²) in [5.41, 5.74) is 0.418. The van der Waals surface area contributed by atoms with Crippen LogP contribution < -0.4 is 16.2 Å². The molecule has 2 rings (SSSR count). The van der Waals surface area contributed by atoms with Gasteiger partial charge in [0.25, 0.3) is 5.56 Å². The number of hydrogen-bond donors (Lipinski definition) is 2. The van der Waals surface area contributed by atoms with E-state index in [-0.39, 0.29) is 10.6 Å². The smallest absolute Gasteiger partial charge is 0.287 e. The Balaban J connectivity index is 2.15. The van der Waals surface area contributed by atoms with E-state index in [1.807, 2.05) is 6.92 Å². The van der Waals surface area contributed by atoms with E-state index in [1.165, 1.54) is 4.68 Å². The summed E-state index contributed by atoms with van der Waals surface area (Å²) < 4.78 is 1.36. The highest BCUT2D eigenvalue weighted by molar-refractivity contribution is 6.32. The molecule has 6 heteroatoms. The molecule has 1 aliphatic heterocycles. The van der Waals surface area contributed by atoms with E-state index in [9.17, 15) is 4.79 Å². The zero-order valence-electron chi connectivity index (χ0n) is 9.87. The van der Waals surface area contributed by atoms with Crippen molar-refractivity contribution in [3.05, 3.63) is 21.6 Å². The van der Waals surface area contributed by atoms with Gasteiger partial charge in [0.1, 0.15) is 5.02 Å². The van der Waals surface area contributed by atoms with Crippen molar-refractivity contribution >= 4 is 17.3 Å². The monoisotopic (exact) mass is 256 g/mol. The topological polar surface area (TPSA) is 59.0 Å². The molecular formula is C11H17ClN4O. The molecule has 1 saturated heterocycles. The molecule has 1 fully saturated rings. The van der Waals surface area contributed by atoms with E-state index in [4.69, 9.17) is 11.6 Å². The number of nitrogens with zero attached hydrogens (tertiary/aromatic N) is 2. The van der Waals surface area contributed by atoms with Crippen LogP contribution in [-0.2, 0) is 6.54 Å². The van der Waals surface area contributed by atoms with Crippen LogP contribution in [0, 0.1) is 0 Å². The van der Waals surface area contributed by atoms with Crippen LogP contribution in [0.5, 0.6) is 0 Å². The Morgan fingerprint density at radius 1 is 1.59 bits per heavy atom. The molecule has 17 heavy (non-hydrogen) atoms. The van der Waals surface area contributed by atoms with Crippen molar-refractivity contribution in [2.75, 3.05) is 18.4 Å². The molecule has 0 aromatic carbocycles. The fourth-order valence-corrected chi connectivity index (χ4v) is 2.18. The van der Waals surface area contributed by atoms with Gasteiger partial charge in [-0.3, -0.25) is 4.79 Å². The van der Waals surface area contributed by atoms with Crippen molar-refractivity contribution in [3.63, 3.8) is 0 Å². The van der Waals surface area contributed by atoms with E-state index in [2.05, 4.69) is 15.7 Å². The van der Waals surface area contributed by atoms with Crippen molar-refractivity contribution in [1.29, 1.82) is 0 Å². The van der Waals surface area contributed by atoms with Gasteiger partial charge in [0, 0.05) is 12.6 Å². The molecule has 0 bridgehead atoms. The van der Waals surface area contributed by atoms with Crippen molar-refractivity contribution in [2.24, 2.45) is 0 Å². The van der Waals surface area contributed by atoms with E-state index in [0.29, 0.717) is 18.3 Å². The summed E-state index contributed by atoms with van der Waals surface area (Å²) in [4.78, 5) is 11.8. The minimum Gasteiger partial charge on any atom is -0.380 e. The molecule has 0 amide bonds. The van der Waals surface area contributed by atoms with Crippen molar-refractivity contribution in [2.45, 2.75) is 32.4 Å². The molecular weight excluding hydrogens is 240 g/mol. The van der Waals surface area contributed by atoms with Gasteiger partial charge < -0.3 is 10.6 Å². The number of hydrogen-bond acceptors (Lipinski definition) is 4. The van der Waals surface area contributed by atoms with Crippen molar-refractivity contribution in [1.82, 2.24) is 15.1 Å². The first-order chi connectivity index (χ1) is 8.22. The fraction of sp³-hybridized carbons (Fsp3) is 0.636. The van der Waals surface area contributed by atoms with Gasteiger partial charge >= 0.3 is 0 Å². The number of piperidine rings is 1. The van der Waals surface area contributed by atoms with Crippen LogP contribution in [0.2, 0.25) is 5.02 Å². The average Bonchev–Trinajstić information content (AvgIpc) is 2.37. The second-order valence-electron chi connectivity index (χ2n) is 4.16. The lowest BCUT2D eigenvalue weighted by molar-refractivity contribution is 0.478. The predicted octanol–water partition coefficient (Wildman–Crippen LogP) is 1.08. The molecule has 2 N–H and O–H groups in total. The molecule has 94 valence electrons. The summed E-state index contributed by atoms with van der Waals surface area (Å²) >= 11 is 6.04. The molecule has 0 unspecified atom stereocenters.